The summed E-state index contributed by atoms with van der Waals surface area (Å²) in [6.45, 7) is 22.7. The number of anilines is 4. The Morgan fingerprint density at radius 3 is 1.81 bits per heavy atom. The van der Waals surface area contributed by atoms with Crippen LogP contribution in [0.3, 0.4) is 0 Å². The molecule has 0 aliphatic carbocycles. The van der Waals surface area contributed by atoms with Gasteiger partial charge in [0.1, 0.15) is 5.82 Å². The van der Waals surface area contributed by atoms with Gasteiger partial charge in [-0.05, 0) is 116 Å². The molecule has 0 amide bonds. The molecule has 7 heteroatoms. The molecule has 1 aliphatic rings. The van der Waals surface area contributed by atoms with Gasteiger partial charge in [-0.15, -0.1) is 42.7 Å². The SMILES string of the molecule is CC(C)(C)c1cc(N2[CH-]N(c3[c-]c(Oc4[c-]c5c(cc4)c4c(-n6c7ccccc7c7cc(-c8ccccc8)ccc76)cccc4n5-c4cc(C(C)(C)C)ccn4)ccc3)c3cccc(-c4ccccc4)c32)cc(C(C)(C)C)c1.[Pt]. The van der Waals surface area contributed by atoms with Crippen LogP contribution in [-0.2, 0) is 37.3 Å². The molecule has 12 aromatic rings. The van der Waals surface area contributed by atoms with Crippen LogP contribution in [0.25, 0.3) is 77.4 Å². The maximum Gasteiger partial charge on any atom is 0.135 e. The first-order chi connectivity index (χ1) is 37.6. The zero-order valence-electron chi connectivity index (χ0n) is 46.2. The third-order valence-corrected chi connectivity index (χ3v) is 15.5. The van der Waals surface area contributed by atoms with E-state index in [-0.39, 0.29) is 37.3 Å². The molecule has 394 valence electrons. The van der Waals surface area contributed by atoms with Gasteiger partial charge in [0.15, 0.2) is 0 Å². The predicted molar refractivity (Wildman–Crippen MR) is 326 cm³/mol. The fraction of sp³-hybridized carbons (Fsp3) is 0.167. The molecule has 0 bridgehead atoms. The van der Waals surface area contributed by atoms with Gasteiger partial charge in [0.05, 0.1) is 11.0 Å². The predicted octanol–water partition coefficient (Wildman–Crippen LogP) is 19.3. The average molecular weight is 1210 g/mol. The van der Waals surface area contributed by atoms with Crippen LogP contribution in [-0.4, -0.2) is 14.1 Å². The van der Waals surface area contributed by atoms with Crippen molar-refractivity contribution in [2.75, 3.05) is 9.80 Å². The van der Waals surface area contributed by atoms with Crippen LogP contribution in [0, 0.1) is 18.8 Å². The van der Waals surface area contributed by atoms with Crippen LogP contribution in [0.5, 0.6) is 11.5 Å². The third-order valence-electron chi connectivity index (χ3n) is 15.5. The second kappa shape index (κ2) is 19.6. The van der Waals surface area contributed by atoms with Gasteiger partial charge in [0, 0.05) is 83.4 Å². The zero-order valence-corrected chi connectivity index (χ0v) is 48.4. The van der Waals surface area contributed by atoms with E-state index in [0.717, 1.165) is 78.2 Å². The molecule has 0 unspecified atom stereocenters. The van der Waals surface area contributed by atoms with E-state index in [1.807, 2.05) is 18.3 Å². The van der Waals surface area contributed by atoms with Gasteiger partial charge < -0.3 is 23.7 Å². The fourth-order valence-electron chi connectivity index (χ4n) is 11.3. The van der Waals surface area contributed by atoms with E-state index in [4.69, 9.17) is 9.72 Å². The number of hydrogen-bond acceptors (Lipinski definition) is 4. The van der Waals surface area contributed by atoms with Crippen molar-refractivity contribution in [3.63, 3.8) is 0 Å². The molecule has 79 heavy (non-hydrogen) atoms. The number of ether oxygens (including phenoxy) is 1. The molecule has 0 radical (unpaired) electrons. The number of pyridine rings is 1. The second-order valence-corrected chi connectivity index (χ2v) is 23.9. The summed E-state index contributed by atoms with van der Waals surface area (Å²) >= 11 is 0. The van der Waals surface area contributed by atoms with Gasteiger partial charge in [0.2, 0.25) is 0 Å². The average Bonchev–Trinajstić information content (AvgIpc) is 4.33. The molecule has 0 spiro atoms. The van der Waals surface area contributed by atoms with Crippen molar-refractivity contribution in [3.8, 4) is 45.3 Å². The molecular formula is C72H62N5OPt-3. The van der Waals surface area contributed by atoms with Gasteiger partial charge in [-0.25, -0.2) is 4.98 Å². The Balaban J connectivity index is 0.00000623. The molecule has 1 aliphatic heterocycles. The molecule has 3 aromatic heterocycles. The Bertz CT molecular complexity index is 4250. The van der Waals surface area contributed by atoms with Crippen LogP contribution in [0.1, 0.15) is 79.0 Å². The topological polar surface area (TPSA) is 38.5 Å². The van der Waals surface area contributed by atoms with E-state index in [1.165, 1.54) is 38.6 Å². The molecule has 13 rings (SSSR count). The molecule has 0 fully saturated rings. The first kappa shape index (κ1) is 51.6. The number of fused-ring (bicyclic) bond motifs is 7. The minimum absolute atomic E-state index is 0. The monoisotopic (exact) mass is 1210 g/mol. The number of aromatic nitrogens is 3. The quantitative estimate of drug-likeness (QED) is 0.142. The summed E-state index contributed by atoms with van der Waals surface area (Å²) in [6.07, 6.45) is 1.93. The smallest absolute Gasteiger partial charge is 0.135 e. The van der Waals surface area contributed by atoms with Crippen molar-refractivity contribution in [1.82, 2.24) is 14.1 Å². The number of hydrogen-bond donors (Lipinski definition) is 0. The van der Waals surface area contributed by atoms with Crippen molar-refractivity contribution >= 4 is 66.4 Å². The summed E-state index contributed by atoms with van der Waals surface area (Å²) < 4.78 is 11.6. The Kier molecular flexibility index (Phi) is 12.8. The summed E-state index contributed by atoms with van der Waals surface area (Å²) in [5.41, 5.74) is 17.7. The van der Waals surface area contributed by atoms with Crippen molar-refractivity contribution in [3.05, 3.63) is 242 Å². The number of rotatable bonds is 8. The van der Waals surface area contributed by atoms with E-state index < -0.39 is 0 Å². The van der Waals surface area contributed by atoms with Gasteiger partial charge in [-0.3, -0.25) is 0 Å². The molecule has 0 saturated heterocycles. The maximum atomic E-state index is 6.91. The Hall–Kier alpha value is -8.18. The minimum atomic E-state index is -0.0960. The maximum absolute atomic E-state index is 6.91. The Morgan fingerprint density at radius 1 is 0.443 bits per heavy atom. The second-order valence-electron chi connectivity index (χ2n) is 23.9. The molecule has 9 aromatic carbocycles. The van der Waals surface area contributed by atoms with Crippen LogP contribution in [0.2, 0.25) is 0 Å². The standard InChI is InChI=1S/C72H62N5O.Pt/c1-70(2,3)50-37-38-73-67(43-50)77-64-31-20-30-63(76-61-29-17-16-27-58(61)60-39-49(33-36-62(60)76)47-21-12-10-13-22-47)68(64)59-35-34-56(45-66(59)77)78-55-26-18-25-53(44-55)74-46-75(54-41-51(71(4,5)6)40-52(42-54)72(7,8)9)69-57(28-19-32-65(69)74)48-23-14-11-15-24-48;/h10-43,46H,1-9H3;/q-3;. The van der Waals surface area contributed by atoms with Crippen molar-refractivity contribution in [1.29, 1.82) is 0 Å². The van der Waals surface area contributed by atoms with Gasteiger partial charge in [0.25, 0.3) is 0 Å². The molecule has 0 saturated carbocycles. The third kappa shape index (κ3) is 9.20. The van der Waals surface area contributed by atoms with Gasteiger partial charge in [-0.1, -0.05) is 182 Å². The van der Waals surface area contributed by atoms with E-state index in [2.05, 4.69) is 288 Å². The summed E-state index contributed by atoms with van der Waals surface area (Å²) in [6, 6.07) is 79.4. The Morgan fingerprint density at radius 2 is 1.08 bits per heavy atom. The first-order valence-corrected chi connectivity index (χ1v) is 27.1. The van der Waals surface area contributed by atoms with Crippen molar-refractivity contribution in [2.45, 2.75) is 78.6 Å². The van der Waals surface area contributed by atoms with Crippen LogP contribution >= 0.6 is 0 Å². The van der Waals surface area contributed by atoms with E-state index >= 15 is 0 Å². The van der Waals surface area contributed by atoms with Crippen LogP contribution in [0.15, 0.2) is 206 Å². The van der Waals surface area contributed by atoms with Crippen LogP contribution in [0.4, 0.5) is 22.7 Å². The fourth-order valence-corrected chi connectivity index (χ4v) is 11.3. The van der Waals surface area contributed by atoms with Gasteiger partial charge in [-0.2, -0.15) is 12.1 Å². The number of nitrogens with zero attached hydrogens (tertiary/aromatic N) is 5. The summed E-state index contributed by atoms with van der Waals surface area (Å²) in [4.78, 5) is 9.68. The van der Waals surface area contributed by atoms with E-state index in [9.17, 15) is 0 Å². The normalized spacial score (nSPS) is 12.9. The summed E-state index contributed by atoms with van der Waals surface area (Å²) in [7, 11) is 0. The molecule has 4 heterocycles. The first-order valence-electron chi connectivity index (χ1n) is 27.1. The Labute approximate surface area is 478 Å². The largest absolute Gasteiger partial charge is 0.509 e. The summed E-state index contributed by atoms with van der Waals surface area (Å²) in [5, 5.41) is 4.56. The van der Waals surface area contributed by atoms with Crippen molar-refractivity contribution in [2.24, 2.45) is 0 Å². The molecular weight excluding hydrogens is 1150 g/mol. The van der Waals surface area contributed by atoms with Gasteiger partial charge >= 0.3 is 0 Å². The number of benzene rings is 9. The minimum Gasteiger partial charge on any atom is -0.509 e. The van der Waals surface area contributed by atoms with Crippen LogP contribution < -0.4 is 14.5 Å². The molecule has 6 nitrogen and oxygen atoms in total. The molecule has 0 atom stereocenters. The molecule has 0 N–H and O–H groups in total. The van der Waals surface area contributed by atoms with Crippen molar-refractivity contribution < 1.29 is 25.8 Å². The summed E-state index contributed by atoms with van der Waals surface area (Å²) in [5.74, 6) is 1.98. The number of para-hydroxylation sites is 2. The van der Waals surface area contributed by atoms with E-state index in [0.29, 0.717) is 11.5 Å². The zero-order chi connectivity index (χ0) is 53.7. The van der Waals surface area contributed by atoms with E-state index in [1.54, 1.807) is 0 Å².